The fraction of sp³-hybridized carbons (Fsp3) is 0.583. The summed E-state index contributed by atoms with van der Waals surface area (Å²) in [5, 5.41) is 0. The highest BCUT2D eigenvalue weighted by atomic mass is 79.9. The van der Waals surface area contributed by atoms with Crippen molar-refractivity contribution in [2.45, 2.75) is 32.0 Å². The summed E-state index contributed by atoms with van der Waals surface area (Å²) in [5.41, 5.74) is 1.05. The molecular formula is C12H16BrNO2. The molecule has 1 fully saturated rings. The average molecular weight is 286 g/mol. The second kappa shape index (κ2) is 6.33. The van der Waals surface area contributed by atoms with Crippen molar-refractivity contribution in [3.63, 3.8) is 0 Å². The summed E-state index contributed by atoms with van der Waals surface area (Å²) in [6, 6.07) is 5.92. The number of pyridine rings is 1. The minimum atomic E-state index is 0.000836. The molecule has 0 bridgehead atoms. The SMILES string of the molecule is Brc1cccc(CCOC2CCCCO2)n1. The zero-order chi connectivity index (χ0) is 11.2. The van der Waals surface area contributed by atoms with Gasteiger partial charge in [-0.15, -0.1) is 0 Å². The molecule has 1 saturated heterocycles. The molecule has 3 nitrogen and oxygen atoms in total. The maximum absolute atomic E-state index is 5.65. The number of hydrogen-bond donors (Lipinski definition) is 0. The summed E-state index contributed by atoms with van der Waals surface area (Å²) in [7, 11) is 0. The van der Waals surface area contributed by atoms with Crippen LogP contribution in [0.15, 0.2) is 22.8 Å². The monoisotopic (exact) mass is 285 g/mol. The van der Waals surface area contributed by atoms with Crippen LogP contribution in [0, 0.1) is 0 Å². The van der Waals surface area contributed by atoms with Crippen LogP contribution in [-0.4, -0.2) is 24.5 Å². The number of hydrogen-bond acceptors (Lipinski definition) is 3. The molecule has 2 heterocycles. The molecule has 1 aliphatic heterocycles. The van der Waals surface area contributed by atoms with E-state index in [1.165, 1.54) is 6.42 Å². The summed E-state index contributed by atoms with van der Waals surface area (Å²) in [4.78, 5) is 4.35. The average Bonchev–Trinajstić information content (AvgIpc) is 2.30. The van der Waals surface area contributed by atoms with Crippen molar-refractivity contribution >= 4 is 15.9 Å². The van der Waals surface area contributed by atoms with Gasteiger partial charge in [0.25, 0.3) is 0 Å². The normalized spacial score (nSPS) is 20.9. The first-order valence-electron chi connectivity index (χ1n) is 5.69. The molecule has 0 aliphatic carbocycles. The minimum Gasteiger partial charge on any atom is -0.353 e. The van der Waals surface area contributed by atoms with Gasteiger partial charge in [-0.2, -0.15) is 0 Å². The van der Waals surface area contributed by atoms with E-state index in [0.717, 1.165) is 36.2 Å². The van der Waals surface area contributed by atoms with Gasteiger partial charge in [0.2, 0.25) is 0 Å². The zero-order valence-corrected chi connectivity index (χ0v) is 10.8. The highest BCUT2D eigenvalue weighted by Gasteiger charge is 2.13. The van der Waals surface area contributed by atoms with Gasteiger partial charge in [-0.05, 0) is 47.3 Å². The maximum atomic E-state index is 5.65. The van der Waals surface area contributed by atoms with Gasteiger partial charge < -0.3 is 9.47 Å². The first-order chi connectivity index (χ1) is 7.84. The van der Waals surface area contributed by atoms with E-state index in [0.29, 0.717) is 6.61 Å². The molecule has 0 radical (unpaired) electrons. The number of halogens is 1. The molecule has 0 spiro atoms. The molecule has 88 valence electrons. The summed E-state index contributed by atoms with van der Waals surface area (Å²) < 4.78 is 12.0. The third-order valence-corrected chi connectivity index (χ3v) is 3.01. The molecule has 0 aromatic carbocycles. The Hall–Kier alpha value is -0.450. The van der Waals surface area contributed by atoms with E-state index in [9.17, 15) is 0 Å². The Bertz CT molecular complexity index is 327. The zero-order valence-electron chi connectivity index (χ0n) is 9.19. The third kappa shape index (κ3) is 3.85. The van der Waals surface area contributed by atoms with E-state index in [4.69, 9.17) is 9.47 Å². The molecule has 1 aromatic heterocycles. The van der Waals surface area contributed by atoms with Crippen molar-refractivity contribution in [3.8, 4) is 0 Å². The van der Waals surface area contributed by atoms with E-state index in [1.54, 1.807) is 0 Å². The van der Waals surface area contributed by atoms with Gasteiger partial charge in [-0.3, -0.25) is 0 Å². The highest BCUT2D eigenvalue weighted by Crippen LogP contribution is 2.14. The second-order valence-electron chi connectivity index (χ2n) is 3.87. The van der Waals surface area contributed by atoms with Crippen molar-refractivity contribution in [1.29, 1.82) is 0 Å². The number of aromatic nitrogens is 1. The van der Waals surface area contributed by atoms with E-state index in [2.05, 4.69) is 20.9 Å². The summed E-state index contributed by atoms with van der Waals surface area (Å²) in [6.07, 6.45) is 4.22. The fourth-order valence-electron chi connectivity index (χ4n) is 1.73. The molecule has 1 atom stereocenters. The molecule has 2 rings (SSSR count). The molecule has 4 heteroatoms. The maximum Gasteiger partial charge on any atom is 0.157 e. The molecule has 0 saturated carbocycles. The first-order valence-corrected chi connectivity index (χ1v) is 6.48. The lowest BCUT2D eigenvalue weighted by atomic mass is 10.2. The Labute approximate surface area is 104 Å². The number of rotatable bonds is 4. The van der Waals surface area contributed by atoms with Crippen molar-refractivity contribution < 1.29 is 9.47 Å². The molecule has 16 heavy (non-hydrogen) atoms. The van der Waals surface area contributed by atoms with Gasteiger partial charge in [-0.25, -0.2) is 4.98 Å². The second-order valence-corrected chi connectivity index (χ2v) is 4.68. The van der Waals surface area contributed by atoms with Crippen molar-refractivity contribution in [3.05, 3.63) is 28.5 Å². The standard InChI is InChI=1S/C12H16BrNO2/c13-11-5-3-4-10(14-11)7-9-16-12-6-1-2-8-15-12/h3-5,12H,1-2,6-9H2. The molecule has 0 amide bonds. The van der Waals surface area contributed by atoms with Crippen LogP contribution in [0.1, 0.15) is 25.0 Å². The van der Waals surface area contributed by atoms with Gasteiger partial charge in [0, 0.05) is 18.7 Å². The Kier molecular flexibility index (Phi) is 4.75. The van der Waals surface area contributed by atoms with Crippen LogP contribution in [0.5, 0.6) is 0 Å². The molecule has 1 unspecified atom stereocenters. The largest absolute Gasteiger partial charge is 0.353 e. The fourth-order valence-corrected chi connectivity index (χ4v) is 2.11. The van der Waals surface area contributed by atoms with Crippen LogP contribution in [0.4, 0.5) is 0 Å². The van der Waals surface area contributed by atoms with Gasteiger partial charge in [-0.1, -0.05) is 6.07 Å². The lowest BCUT2D eigenvalue weighted by molar-refractivity contribution is -0.161. The summed E-state index contributed by atoms with van der Waals surface area (Å²) in [5.74, 6) is 0. The third-order valence-electron chi connectivity index (χ3n) is 2.57. The Morgan fingerprint density at radius 1 is 1.44 bits per heavy atom. The first kappa shape index (κ1) is 12.0. The Balaban J connectivity index is 1.71. The predicted molar refractivity (Wildman–Crippen MR) is 65.2 cm³/mol. The van der Waals surface area contributed by atoms with E-state index in [-0.39, 0.29) is 6.29 Å². The van der Waals surface area contributed by atoms with Crippen LogP contribution in [-0.2, 0) is 15.9 Å². The van der Waals surface area contributed by atoms with E-state index in [1.807, 2.05) is 18.2 Å². The predicted octanol–water partition coefficient (Wildman–Crippen LogP) is 2.93. The summed E-state index contributed by atoms with van der Waals surface area (Å²) >= 11 is 3.35. The molecule has 0 N–H and O–H groups in total. The number of ether oxygens (including phenoxy) is 2. The van der Waals surface area contributed by atoms with Crippen molar-refractivity contribution in [2.24, 2.45) is 0 Å². The van der Waals surface area contributed by atoms with Crippen LogP contribution >= 0.6 is 15.9 Å². The van der Waals surface area contributed by atoms with Gasteiger partial charge >= 0.3 is 0 Å². The molecular weight excluding hydrogens is 270 g/mol. The van der Waals surface area contributed by atoms with Crippen LogP contribution in [0.25, 0.3) is 0 Å². The van der Waals surface area contributed by atoms with E-state index < -0.39 is 0 Å². The quantitative estimate of drug-likeness (QED) is 0.797. The van der Waals surface area contributed by atoms with Gasteiger partial charge in [0.05, 0.1) is 6.61 Å². The van der Waals surface area contributed by atoms with E-state index >= 15 is 0 Å². The lowest BCUT2D eigenvalue weighted by Crippen LogP contribution is -2.23. The van der Waals surface area contributed by atoms with Crippen LogP contribution < -0.4 is 0 Å². The van der Waals surface area contributed by atoms with Crippen molar-refractivity contribution in [1.82, 2.24) is 4.98 Å². The Morgan fingerprint density at radius 3 is 3.12 bits per heavy atom. The molecule has 1 aromatic rings. The lowest BCUT2D eigenvalue weighted by Gasteiger charge is -2.22. The van der Waals surface area contributed by atoms with Crippen LogP contribution in [0.2, 0.25) is 0 Å². The van der Waals surface area contributed by atoms with Crippen LogP contribution in [0.3, 0.4) is 0 Å². The highest BCUT2D eigenvalue weighted by molar-refractivity contribution is 9.10. The van der Waals surface area contributed by atoms with Crippen molar-refractivity contribution in [2.75, 3.05) is 13.2 Å². The summed E-state index contributed by atoms with van der Waals surface area (Å²) in [6.45, 7) is 1.51. The topological polar surface area (TPSA) is 31.4 Å². The van der Waals surface area contributed by atoms with Gasteiger partial charge in [0.15, 0.2) is 6.29 Å². The Morgan fingerprint density at radius 2 is 2.38 bits per heavy atom. The van der Waals surface area contributed by atoms with Gasteiger partial charge in [0.1, 0.15) is 4.60 Å². The smallest absolute Gasteiger partial charge is 0.157 e. The number of nitrogens with zero attached hydrogens (tertiary/aromatic N) is 1. The minimum absolute atomic E-state index is 0.000836. The molecule has 1 aliphatic rings.